The Morgan fingerprint density at radius 3 is 2.71 bits per heavy atom. The number of imidazole rings is 1. The van der Waals surface area contributed by atoms with Gasteiger partial charge >= 0.3 is 0 Å². The largest absolute Gasteiger partial charge is 0.454 e. The SMILES string of the molecule is C[C@@H](c1ccccc1)N(Cc1nccn1C)C(=O)Cc1ccc2c(c1)OCO2. The van der Waals surface area contributed by atoms with Crippen LogP contribution in [0.15, 0.2) is 60.9 Å². The smallest absolute Gasteiger partial charge is 0.231 e. The maximum absolute atomic E-state index is 13.3. The molecule has 1 atom stereocenters. The third-order valence-corrected chi connectivity index (χ3v) is 5.09. The molecular weight excluding hydrogens is 354 g/mol. The van der Waals surface area contributed by atoms with Gasteiger partial charge in [-0.3, -0.25) is 4.79 Å². The van der Waals surface area contributed by atoms with Crippen LogP contribution in [0, 0.1) is 0 Å². The van der Waals surface area contributed by atoms with Gasteiger partial charge < -0.3 is 18.9 Å². The predicted molar refractivity (Wildman–Crippen MR) is 105 cm³/mol. The van der Waals surface area contributed by atoms with Gasteiger partial charge in [-0.15, -0.1) is 0 Å². The molecule has 0 spiro atoms. The number of benzene rings is 2. The molecule has 144 valence electrons. The van der Waals surface area contributed by atoms with Gasteiger partial charge in [-0.2, -0.15) is 0 Å². The second-order valence-corrected chi connectivity index (χ2v) is 6.93. The van der Waals surface area contributed by atoms with Crippen molar-refractivity contribution in [2.45, 2.75) is 25.9 Å². The predicted octanol–water partition coefficient (Wildman–Crippen LogP) is 3.48. The van der Waals surface area contributed by atoms with Crippen LogP contribution in [0.3, 0.4) is 0 Å². The van der Waals surface area contributed by atoms with E-state index in [0.29, 0.717) is 12.3 Å². The van der Waals surface area contributed by atoms with Gasteiger partial charge in [0.1, 0.15) is 5.82 Å². The van der Waals surface area contributed by atoms with Crippen molar-refractivity contribution >= 4 is 5.91 Å². The first-order valence-corrected chi connectivity index (χ1v) is 9.31. The number of fused-ring (bicyclic) bond motifs is 1. The average Bonchev–Trinajstić information content (AvgIpc) is 3.34. The number of aryl methyl sites for hydroxylation is 1. The Balaban J connectivity index is 1.58. The van der Waals surface area contributed by atoms with Crippen LogP contribution < -0.4 is 9.47 Å². The molecule has 0 saturated carbocycles. The molecule has 4 rings (SSSR count). The molecule has 1 aliphatic heterocycles. The highest BCUT2D eigenvalue weighted by Crippen LogP contribution is 2.33. The molecule has 6 heteroatoms. The first-order valence-electron chi connectivity index (χ1n) is 9.31. The summed E-state index contributed by atoms with van der Waals surface area (Å²) in [6, 6.07) is 15.6. The summed E-state index contributed by atoms with van der Waals surface area (Å²) in [5, 5.41) is 0. The van der Waals surface area contributed by atoms with Gasteiger partial charge in [-0.05, 0) is 30.2 Å². The summed E-state index contributed by atoms with van der Waals surface area (Å²) >= 11 is 0. The Labute approximate surface area is 164 Å². The van der Waals surface area contributed by atoms with Crippen LogP contribution in [0.5, 0.6) is 11.5 Å². The van der Waals surface area contributed by atoms with E-state index in [1.807, 2.05) is 71.2 Å². The van der Waals surface area contributed by atoms with Crippen molar-refractivity contribution in [3.63, 3.8) is 0 Å². The molecule has 1 aromatic heterocycles. The van der Waals surface area contributed by atoms with Crippen LogP contribution in [0.1, 0.15) is 29.9 Å². The fraction of sp³-hybridized carbons (Fsp3) is 0.273. The summed E-state index contributed by atoms with van der Waals surface area (Å²) in [4.78, 5) is 19.6. The Hall–Kier alpha value is -3.28. The molecule has 2 heterocycles. The van der Waals surface area contributed by atoms with Crippen molar-refractivity contribution in [3.05, 3.63) is 77.9 Å². The third kappa shape index (κ3) is 3.71. The fourth-order valence-electron chi connectivity index (χ4n) is 3.38. The molecule has 0 unspecified atom stereocenters. The van der Waals surface area contributed by atoms with Crippen LogP contribution in [-0.4, -0.2) is 27.2 Å². The Morgan fingerprint density at radius 1 is 1.18 bits per heavy atom. The maximum Gasteiger partial charge on any atom is 0.231 e. The van der Waals surface area contributed by atoms with E-state index < -0.39 is 0 Å². The second-order valence-electron chi connectivity index (χ2n) is 6.93. The quantitative estimate of drug-likeness (QED) is 0.660. The lowest BCUT2D eigenvalue weighted by atomic mass is 10.0. The van der Waals surface area contributed by atoms with Gasteiger partial charge in [0.15, 0.2) is 11.5 Å². The van der Waals surface area contributed by atoms with Crippen molar-refractivity contribution in [1.82, 2.24) is 14.5 Å². The molecule has 28 heavy (non-hydrogen) atoms. The molecule has 1 amide bonds. The lowest BCUT2D eigenvalue weighted by Crippen LogP contribution is -2.35. The first-order chi connectivity index (χ1) is 13.6. The Kier molecular flexibility index (Phi) is 5.02. The lowest BCUT2D eigenvalue weighted by Gasteiger charge is -2.29. The van der Waals surface area contributed by atoms with E-state index in [4.69, 9.17) is 9.47 Å². The van der Waals surface area contributed by atoms with E-state index in [-0.39, 0.29) is 25.2 Å². The number of ether oxygens (including phenoxy) is 2. The van der Waals surface area contributed by atoms with E-state index in [1.165, 1.54) is 0 Å². The molecule has 0 radical (unpaired) electrons. The summed E-state index contributed by atoms with van der Waals surface area (Å²) < 4.78 is 12.7. The summed E-state index contributed by atoms with van der Waals surface area (Å²) in [7, 11) is 1.94. The molecule has 0 bridgehead atoms. The van der Waals surface area contributed by atoms with E-state index in [9.17, 15) is 4.79 Å². The normalized spacial score (nSPS) is 13.4. The van der Waals surface area contributed by atoms with Crippen LogP contribution in [0.25, 0.3) is 0 Å². The van der Waals surface area contributed by atoms with Gasteiger partial charge in [-0.1, -0.05) is 36.4 Å². The number of hydrogen-bond donors (Lipinski definition) is 0. The molecule has 6 nitrogen and oxygen atoms in total. The third-order valence-electron chi connectivity index (χ3n) is 5.09. The standard InChI is InChI=1S/C22H23N3O3/c1-16(18-6-4-3-5-7-18)25(14-21-23-10-11-24(21)2)22(26)13-17-8-9-19-20(12-17)28-15-27-19/h3-12,16H,13-15H2,1-2H3/t16-/m0/s1. The zero-order valence-electron chi connectivity index (χ0n) is 16.0. The summed E-state index contributed by atoms with van der Waals surface area (Å²) in [5.74, 6) is 2.30. The number of aromatic nitrogens is 2. The monoisotopic (exact) mass is 377 g/mol. The van der Waals surface area contributed by atoms with E-state index in [0.717, 1.165) is 22.7 Å². The molecule has 0 N–H and O–H groups in total. The summed E-state index contributed by atoms with van der Waals surface area (Å²) in [6.45, 7) is 2.72. The number of nitrogens with zero attached hydrogens (tertiary/aromatic N) is 3. The van der Waals surface area contributed by atoms with E-state index in [1.54, 1.807) is 6.20 Å². The zero-order chi connectivity index (χ0) is 19.5. The van der Waals surface area contributed by atoms with Gasteiger partial charge in [0.05, 0.1) is 19.0 Å². The topological polar surface area (TPSA) is 56.6 Å². The van der Waals surface area contributed by atoms with Crippen LogP contribution in [0.2, 0.25) is 0 Å². The van der Waals surface area contributed by atoms with E-state index in [2.05, 4.69) is 11.9 Å². The lowest BCUT2D eigenvalue weighted by molar-refractivity contribution is -0.133. The number of carbonyl (C=O) groups is 1. The molecular formula is C22H23N3O3. The first kappa shape index (κ1) is 18.1. The van der Waals surface area contributed by atoms with Gasteiger partial charge in [-0.25, -0.2) is 4.98 Å². The highest BCUT2D eigenvalue weighted by molar-refractivity contribution is 5.79. The van der Waals surface area contributed by atoms with Crippen LogP contribution in [0.4, 0.5) is 0 Å². The maximum atomic E-state index is 13.3. The molecule has 2 aromatic carbocycles. The second kappa shape index (κ2) is 7.76. The van der Waals surface area contributed by atoms with Gasteiger partial charge in [0, 0.05) is 19.4 Å². The number of hydrogen-bond acceptors (Lipinski definition) is 4. The van der Waals surface area contributed by atoms with Gasteiger partial charge in [0.25, 0.3) is 0 Å². The number of carbonyl (C=O) groups excluding carboxylic acids is 1. The highest BCUT2D eigenvalue weighted by atomic mass is 16.7. The summed E-state index contributed by atoms with van der Waals surface area (Å²) in [6.07, 6.45) is 3.93. The number of amides is 1. The number of rotatable bonds is 6. The molecule has 0 fully saturated rings. The molecule has 3 aromatic rings. The molecule has 0 aliphatic carbocycles. The van der Waals surface area contributed by atoms with Crippen molar-refractivity contribution in [2.75, 3.05) is 6.79 Å². The minimum atomic E-state index is -0.0700. The highest BCUT2D eigenvalue weighted by Gasteiger charge is 2.24. The van der Waals surface area contributed by atoms with E-state index >= 15 is 0 Å². The van der Waals surface area contributed by atoms with Gasteiger partial charge in [0.2, 0.25) is 12.7 Å². The average molecular weight is 377 g/mol. The minimum Gasteiger partial charge on any atom is -0.454 e. The van der Waals surface area contributed by atoms with Crippen LogP contribution in [-0.2, 0) is 24.8 Å². The fourth-order valence-corrected chi connectivity index (χ4v) is 3.38. The minimum absolute atomic E-state index is 0.0400. The van der Waals surface area contributed by atoms with Crippen molar-refractivity contribution < 1.29 is 14.3 Å². The van der Waals surface area contributed by atoms with Crippen molar-refractivity contribution in [3.8, 4) is 11.5 Å². The van der Waals surface area contributed by atoms with Crippen molar-refractivity contribution in [2.24, 2.45) is 7.05 Å². The Bertz CT molecular complexity index is 968. The molecule has 0 saturated heterocycles. The zero-order valence-corrected chi connectivity index (χ0v) is 16.0. The van der Waals surface area contributed by atoms with Crippen LogP contribution >= 0.6 is 0 Å². The Morgan fingerprint density at radius 2 is 1.96 bits per heavy atom. The molecule has 1 aliphatic rings. The van der Waals surface area contributed by atoms with Crippen molar-refractivity contribution in [1.29, 1.82) is 0 Å². The summed E-state index contributed by atoms with van der Waals surface area (Å²) in [5.41, 5.74) is 2.00.